The molecule has 3 nitrogen and oxygen atoms in total. The fourth-order valence-corrected chi connectivity index (χ4v) is 2.17. The molecule has 0 aromatic heterocycles. The van der Waals surface area contributed by atoms with Crippen molar-refractivity contribution < 1.29 is 18.7 Å². The van der Waals surface area contributed by atoms with E-state index in [1.54, 1.807) is 18.2 Å². The highest BCUT2D eigenvalue weighted by molar-refractivity contribution is 7.99. The van der Waals surface area contributed by atoms with Gasteiger partial charge in [0.1, 0.15) is 5.75 Å². The summed E-state index contributed by atoms with van der Waals surface area (Å²) in [5, 5.41) is 11.7. The largest absolute Gasteiger partial charge is 0.508 e. The summed E-state index contributed by atoms with van der Waals surface area (Å²) in [6, 6.07) is 12.0. The summed E-state index contributed by atoms with van der Waals surface area (Å²) < 4.78 is 24.9. The van der Waals surface area contributed by atoms with Gasteiger partial charge in [-0.2, -0.15) is 8.78 Å². The predicted octanol–water partition coefficient (Wildman–Crippen LogP) is 3.96. The molecule has 2 N–H and O–H groups in total. The molecule has 0 bridgehead atoms. The molecule has 0 radical (unpaired) electrons. The lowest BCUT2D eigenvalue weighted by Gasteiger charge is -2.10. The van der Waals surface area contributed by atoms with Gasteiger partial charge in [-0.1, -0.05) is 23.9 Å². The number of benzene rings is 2. The summed E-state index contributed by atoms with van der Waals surface area (Å²) in [5.74, 6) is -2.93. The van der Waals surface area contributed by atoms with Crippen molar-refractivity contribution in [2.45, 2.75) is 10.7 Å². The van der Waals surface area contributed by atoms with Gasteiger partial charge >= 0.3 is 0 Å². The Bertz CT molecular complexity index is 602. The number of aromatic hydroxyl groups is 1. The van der Waals surface area contributed by atoms with Crippen LogP contribution >= 0.6 is 11.8 Å². The zero-order valence-electron chi connectivity index (χ0n) is 10.2. The maximum absolute atomic E-state index is 12.4. The van der Waals surface area contributed by atoms with Crippen molar-refractivity contribution in [1.82, 2.24) is 0 Å². The van der Waals surface area contributed by atoms with E-state index in [1.807, 2.05) is 0 Å². The Labute approximate surface area is 118 Å². The van der Waals surface area contributed by atoms with Crippen LogP contribution in [0.5, 0.6) is 5.75 Å². The van der Waals surface area contributed by atoms with Gasteiger partial charge in [0.25, 0.3) is 11.7 Å². The van der Waals surface area contributed by atoms with E-state index in [0.29, 0.717) is 27.9 Å². The molecule has 2 rings (SSSR count). The van der Waals surface area contributed by atoms with Gasteiger partial charge in [-0.15, -0.1) is 0 Å². The number of hydrogen-bond donors (Lipinski definition) is 2. The van der Waals surface area contributed by atoms with E-state index in [1.165, 1.54) is 30.3 Å². The Hall–Kier alpha value is -2.08. The van der Waals surface area contributed by atoms with Crippen LogP contribution in [0.25, 0.3) is 0 Å². The van der Waals surface area contributed by atoms with E-state index in [-0.39, 0.29) is 5.75 Å². The van der Waals surface area contributed by atoms with Crippen LogP contribution in [-0.4, -0.2) is 16.8 Å². The van der Waals surface area contributed by atoms with Gasteiger partial charge < -0.3 is 10.4 Å². The molecule has 0 saturated heterocycles. The molecule has 20 heavy (non-hydrogen) atoms. The summed E-state index contributed by atoms with van der Waals surface area (Å²) in [4.78, 5) is 12.3. The van der Waals surface area contributed by atoms with Gasteiger partial charge in [0.05, 0.1) is 5.69 Å². The zero-order chi connectivity index (χ0) is 14.5. The smallest absolute Gasteiger partial charge is 0.288 e. The van der Waals surface area contributed by atoms with Crippen molar-refractivity contribution in [3.63, 3.8) is 0 Å². The van der Waals surface area contributed by atoms with E-state index in [0.717, 1.165) is 0 Å². The molecule has 1 amide bonds. The van der Waals surface area contributed by atoms with E-state index in [4.69, 9.17) is 5.11 Å². The maximum Gasteiger partial charge on any atom is 0.288 e. The lowest BCUT2D eigenvalue weighted by atomic mass is 10.2. The first-order valence-electron chi connectivity index (χ1n) is 5.70. The summed E-state index contributed by atoms with van der Waals surface area (Å²) in [6.07, 6.45) is 0. The molecule has 0 atom stereocenters. The maximum atomic E-state index is 12.4. The quantitative estimate of drug-likeness (QED) is 0.839. The molecule has 0 fully saturated rings. The number of rotatable bonds is 4. The minimum Gasteiger partial charge on any atom is -0.508 e. The second kappa shape index (κ2) is 6.38. The standard InChI is InChI=1S/C14H11F2NO2S/c15-14(16)20-12-4-2-1-3-11(12)17-13(19)9-5-7-10(18)8-6-9/h1-8,14,18H,(H,17,19). The Kier molecular flexibility index (Phi) is 4.57. The average molecular weight is 295 g/mol. The highest BCUT2D eigenvalue weighted by Gasteiger charge is 2.12. The van der Waals surface area contributed by atoms with Gasteiger partial charge in [0.2, 0.25) is 0 Å². The third kappa shape index (κ3) is 3.71. The molecule has 2 aromatic rings. The van der Waals surface area contributed by atoms with E-state index in [9.17, 15) is 13.6 Å². The second-order valence-electron chi connectivity index (χ2n) is 3.88. The molecule has 0 saturated carbocycles. The first kappa shape index (κ1) is 14.3. The van der Waals surface area contributed by atoms with Crippen LogP contribution in [0.4, 0.5) is 14.5 Å². The molecular weight excluding hydrogens is 284 g/mol. The minimum absolute atomic E-state index is 0.0511. The van der Waals surface area contributed by atoms with Crippen molar-refractivity contribution in [2.24, 2.45) is 0 Å². The van der Waals surface area contributed by atoms with Crippen LogP contribution in [-0.2, 0) is 0 Å². The van der Waals surface area contributed by atoms with Crippen LogP contribution in [0.1, 0.15) is 10.4 Å². The number of anilines is 1. The lowest BCUT2D eigenvalue weighted by molar-refractivity contribution is 0.102. The van der Waals surface area contributed by atoms with Crippen molar-refractivity contribution in [1.29, 1.82) is 0 Å². The molecule has 6 heteroatoms. The van der Waals surface area contributed by atoms with Crippen LogP contribution in [0.2, 0.25) is 0 Å². The molecule has 0 aliphatic carbocycles. The third-order valence-electron chi connectivity index (χ3n) is 2.48. The van der Waals surface area contributed by atoms with Gasteiger partial charge in [-0.3, -0.25) is 4.79 Å². The Morgan fingerprint density at radius 3 is 2.40 bits per heavy atom. The number of carbonyl (C=O) groups excluding carboxylic acids is 1. The Balaban J connectivity index is 2.17. The minimum atomic E-state index is -2.55. The Morgan fingerprint density at radius 1 is 1.10 bits per heavy atom. The number of amides is 1. The normalized spacial score (nSPS) is 10.6. The summed E-state index contributed by atoms with van der Waals surface area (Å²) in [5.41, 5.74) is 0.663. The van der Waals surface area contributed by atoms with Gasteiger partial charge in [0, 0.05) is 10.5 Å². The van der Waals surface area contributed by atoms with Gasteiger partial charge in [-0.05, 0) is 36.4 Å². The molecule has 0 aliphatic heterocycles. The number of phenols is 1. The highest BCUT2D eigenvalue weighted by atomic mass is 32.2. The average Bonchev–Trinajstić information content (AvgIpc) is 2.41. The number of carbonyl (C=O) groups is 1. The van der Waals surface area contributed by atoms with Crippen LogP contribution in [0.3, 0.4) is 0 Å². The number of para-hydroxylation sites is 1. The molecular formula is C14H11F2NO2S. The SMILES string of the molecule is O=C(Nc1ccccc1SC(F)F)c1ccc(O)cc1. The fraction of sp³-hybridized carbons (Fsp3) is 0.0714. The molecule has 0 heterocycles. The van der Waals surface area contributed by atoms with E-state index >= 15 is 0 Å². The number of nitrogens with one attached hydrogen (secondary N) is 1. The van der Waals surface area contributed by atoms with Gasteiger partial charge in [-0.25, -0.2) is 0 Å². The number of halogens is 2. The Morgan fingerprint density at radius 2 is 1.75 bits per heavy atom. The zero-order valence-corrected chi connectivity index (χ0v) is 11.0. The third-order valence-corrected chi connectivity index (χ3v) is 3.27. The van der Waals surface area contributed by atoms with Crippen LogP contribution in [0.15, 0.2) is 53.4 Å². The molecule has 0 aliphatic rings. The van der Waals surface area contributed by atoms with Crippen LogP contribution in [0, 0.1) is 0 Å². The lowest BCUT2D eigenvalue weighted by Crippen LogP contribution is -2.12. The van der Waals surface area contributed by atoms with E-state index < -0.39 is 11.7 Å². The summed E-state index contributed by atoms with van der Waals surface area (Å²) in [7, 11) is 0. The fourth-order valence-electron chi connectivity index (χ4n) is 1.58. The first-order chi connectivity index (χ1) is 9.56. The van der Waals surface area contributed by atoms with Gasteiger partial charge in [0.15, 0.2) is 0 Å². The van der Waals surface area contributed by atoms with Crippen molar-refractivity contribution >= 4 is 23.4 Å². The number of alkyl halides is 2. The van der Waals surface area contributed by atoms with E-state index in [2.05, 4.69) is 5.32 Å². The van der Waals surface area contributed by atoms with Crippen LogP contribution < -0.4 is 5.32 Å². The molecule has 0 spiro atoms. The summed E-state index contributed by atoms with van der Waals surface area (Å²) in [6.45, 7) is 0. The topological polar surface area (TPSA) is 49.3 Å². The number of phenolic OH excluding ortho intramolecular Hbond substituents is 1. The summed E-state index contributed by atoms with van der Waals surface area (Å²) >= 11 is 0.377. The predicted molar refractivity (Wildman–Crippen MR) is 74.4 cm³/mol. The highest BCUT2D eigenvalue weighted by Crippen LogP contribution is 2.31. The first-order valence-corrected chi connectivity index (χ1v) is 6.58. The van der Waals surface area contributed by atoms with Crippen molar-refractivity contribution in [3.05, 3.63) is 54.1 Å². The monoisotopic (exact) mass is 295 g/mol. The second-order valence-corrected chi connectivity index (χ2v) is 4.91. The number of thioether (sulfide) groups is 1. The molecule has 0 unspecified atom stereocenters. The van der Waals surface area contributed by atoms with Crippen molar-refractivity contribution in [3.8, 4) is 5.75 Å². The molecule has 104 valence electrons. The van der Waals surface area contributed by atoms with Crippen molar-refractivity contribution in [2.75, 3.05) is 5.32 Å². The molecule has 2 aromatic carbocycles. The number of hydrogen-bond acceptors (Lipinski definition) is 3.